The standard InChI is InChI=1S/C26H42N2O2Si/c1-20-12-14-22(18-26(29)30)25(19-31(4,5)6)24(20)17-16-23(27-28(2)3)15-13-21-10-8-7-9-11-21/h7-11,19-20,22,24H,12-18H2,1-6H3,(H,29,30)/b25-19-,27-23+/t20-,22+,24+/m1/s1. The number of rotatable bonds is 10. The minimum absolute atomic E-state index is 0.198. The van der Waals surface area contributed by atoms with E-state index in [1.54, 1.807) is 0 Å². The maximum atomic E-state index is 11.5. The molecule has 0 radical (unpaired) electrons. The van der Waals surface area contributed by atoms with Crippen molar-refractivity contribution in [1.29, 1.82) is 0 Å². The van der Waals surface area contributed by atoms with E-state index in [9.17, 15) is 9.90 Å². The van der Waals surface area contributed by atoms with Crippen LogP contribution in [0.2, 0.25) is 19.6 Å². The van der Waals surface area contributed by atoms with E-state index in [-0.39, 0.29) is 12.3 Å². The van der Waals surface area contributed by atoms with Gasteiger partial charge in [0.25, 0.3) is 0 Å². The minimum Gasteiger partial charge on any atom is -0.481 e. The second-order valence-electron chi connectivity index (χ2n) is 10.5. The summed E-state index contributed by atoms with van der Waals surface area (Å²) < 4.78 is 0. The van der Waals surface area contributed by atoms with Crippen molar-refractivity contribution in [3.05, 3.63) is 47.2 Å². The number of allylic oxidation sites excluding steroid dienone is 1. The molecule has 0 bridgehead atoms. The Morgan fingerprint density at radius 1 is 1.16 bits per heavy atom. The molecule has 1 saturated carbocycles. The summed E-state index contributed by atoms with van der Waals surface area (Å²) in [7, 11) is 2.54. The van der Waals surface area contributed by atoms with Gasteiger partial charge in [0.05, 0.1) is 14.5 Å². The third-order valence-corrected chi connectivity index (χ3v) is 7.41. The molecule has 4 nitrogen and oxygen atoms in total. The highest BCUT2D eigenvalue weighted by Crippen LogP contribution is 2.43. The number of benzene rings is 1. The number of carboxylic acids is 1. The Morgan fingerprint density at radius 3 is 2.42 bits per heavy atom. The molecule has 1 N–H and O–H groups in total. The summed E-state index contributed by atoms with van der Waals surface area (Å²) in [5.41, 5.74) is 6.54. The molecule has 172 valence electrons. The molecule has 31 heavy (non-hydrogen) atoms. The topological polar surface area (TPSA) is 52.9 Å². The number of aliphatic carboxylic acids is 1. The Labute approximate surface area is 190 Å². The predicted octanol–water partition coefficient (Wildman–Crippen LogP) is 6.26. The van der Waals surface area contributed by atoms with Crippen molar-refractivity contribution in [2.75, 3.05) is 14.1 Å². The van der Waals surface area contributed by atoms with E-state index >= 15 is 0 Å². The highest BCUT2D eigenvalue weighted by Gasteiger charge is 2.34. The zero-order valence-electron chi connectivity index (χ0n) is 20.4. The van der Waals surface area contributed by atoms with Crippen molar-refractivity contribution in [3.63, 3.8) is 0 Å². The first-order valence-corrected chi connectivity index (χ1v) is 15.3. The first kappa shape index (κ1) is 25.4. The highest BCUT2D eigenvalue weighted by molar-refractivity contribution is 6.81. The molecule has 0 aromatic heterocycles. The van der Waals surface area contributed by atoms with Crippen LogP contribution in [0.1, 0.15) is 51.0 Å². The Balaban J connectivity index is 2.17. The number of hydrogen-bond donors (Lipinski definition) is 1. The number of nitrogens with zero attached hydrogens (tertiary/aromatic N) is 2. The van der Waals surface area contributed by atoms with Crippen LogP contribution in [0.25, 0.3) is 0 Å². The molecule has 0 heterocycles. The molecule has 0 amide bonds. The van der Waals surface area contributed by atoms with Gasteiger partial charge in [-0.1, -0.05) is 68.2 Å². The van der Waals surface area contributed by atoms with Gasteiger partial charge in [0.1, 0.15) is 0 Å². The number of aryl methyl sites for hydroxylation is 1. The molecule has 3 atom stereocenters. The summed E-state index contributed by atoms with van der Waals surface area (Å²) in [6.45, 7) is 9.42. The van der Waals surface area contributed by atoms with Gasteiger partial charge in [0.2, 0.25) is 0 Å². The molecule has 1 fully saturated rings. The lowest BCUT2D eigenvalue weighted by molar-refractivity contribution is -0.138. The molecule has 0 saturated heterocycles. The van der Waals surface area contributed by atoms with E-state index in [2.05, 4.69) is 62.6 Å². The van der Waals surface area contributed by atoms with Gasteiger partial charge in [-0.2, -0.15) is 5.10 Å². The molecule has 1 aliphatic rings. The third-order valence-electron chi connectivity index (χ3n) is 6.21. The quantitative estimate of drug-likeness (QED) is 0.264. The van der Waals surface area contributed by atoms with Gasteiger partial charge in [-0.25, -0.2) is 0 Å². The van der Waals surface area contributed by atoms with Crippen molar-refractivity contribution in [2.45, 2.75) is 71.5 Å². The number of carbonyl (C=O) groups is 1. The van der Waals surface area contributed by atoms with E-state index in [4.69, 9.17) is 5.10 Å². The Kier molecular flexibility index (Phi) is 9.54. The maximum absolute atomic E-state index is 11.5. The fraction of sp³-hybridized carbons (Fsp3) is 0.615. The van der Waals surface area contributed by atoms with Crippen LogP contribution in [0, 0.1) is 17.8 Å². The van der Waals surface area contributed by atoms with Crippen molar-refractivity contribution in [2.24, 2.45) is 22.9 Å². The predicted molar refractivity (Wildman–Crippen MR) is 134 cm³/mol. The van der Waals surface area contributed by atoms with E-state index in [1.807, 2.05) is 19.1 Å². The van der Waals surface area contributed by atoms with Crippen LogP contribution >= 0.6 is 0 Å². The highest BCUT2D eigenvalue weighted by atomic mass is 28.3. The molecule has 1 aliphatic carbocycles. The van der Waals surface area contributed by atoms with E-state index in [0.717, 1.165) is 38.5 Å². The SMILES string of the molecule is C[C@@H]1CC[C@@H](CC(=O)O)/C(=C/[Si](C)(C)C)[C@H]1CC/C(CCc1ccccc1)=N/N(C)C. The summed E-state index contributed by atoms with van der Waals surface area (Å²) in [4.78, 5) is 11.5. The lowest BCUT2D eigenvalue weighted by atomic mass is 9.69. The van der Waals surface area contributed by atoms with Gasteiger partial charge >= 0.3 is 5.97 Å². The summed E-state index contributed by atoms with van der Waals surface area (Å²) in [5, 5.41) is 16.2. The van der Waals surface area contributed by atoms with Crippen LogP contribution in [0.15, 0.2) is 46.7 Å². The van der Waals surface area contributed by atoms with E-state index in [0.29, 0.717) is 11.8 Å². The maximum Gasteiger partial charge on any atom is 0.303 e. The van der Waals surface area contributed by atoms with Crippen LogP contribution in [-0.2, 0) is 11.2 Å². The molecular formula is C26H42N2O2Si. The monoisotopic (exact) mass is 442 g/mol. The number of carboxylic acid groups (broad SMARTS) is 1. The minimum atomic E-state index is -1.44. The van der Waals surface area contributed by atoms with Gasteiger partial charge < -0.3 is 10.1 Å². The molecule has 0 spiro atoms. The first-order valence-electron chi connectivity index (χ1n) is 11.8. The van der Waals surface area contributed by atoms with Gasteiger partial charge in [0.15, 0.2) is 0 Å². The lowest BCUT2D eigenvalue weighted by Crippen LogP contribution is -2.31. The molecule has 5 heteroatoms. The van der Waals surface area contributed by atoms with Crippen molar-refractivity contribution in [3.8, 4) is 0 Å². The molecule has 1 aromatic carbocycles. The molecule has 0 aliphatic heterocycles. The van der Waals surface area contributed by atoms with Crippen LogP contribution in [0.3, 0.4) is 0 Å². The molecule has 1 aromatic rings. The average Bonchev–Trinajstić information content (AvgIpc) is 2.66. The largest absolute Gasteiger partial charge is 0.481 e. The second kappa shape index (κ2) is 11.7. The van der Waals surface area contributed by atoms with Crippen LogP contribution in [0.4, 0.5) is 0 Å². The fourth-order valence-electron chi connectivity index (χ4n) is 4.83. The van der Waals surface area contributed by atoms with Gasteiger partial charge in [-0.3, -0.25) is 4.79 Å². The fourth-order valence-corrected chi connectivity index (χ4v) is 6.28. The summed E-state index contributed by atoms with van der Waals surface area (Å²) >= 11 is 0. The van der Waals surface area contributed by atoms with E-state index < -0.39 is 14.0 Å². The first-order chi connectivity index (χ1) is 14.5. The second-order valence-corrected chi connectivity index (χ2v) is 15.5. The smallest absolute Gasteiger partial charge is 0.303 e. The number of hydrogen-bond acceptors (Lipinski definition) is 3. The van der Waals surface area contributed by atoms with Gasteiger partial charge in [-0.05, 0) is 61.8 Å². The molecular weight excluding hydrogens is 400 g/mol. The van der Waals surface area contributed by atoms with Gasteiger partial charge in [-0.15, -0.1) is 0 Å². The van der Waals surface area contributed by atoms with Crippen molar-refractivity contribution in [1.82, 2.24) is 5.01 Å². The Bertz CT molecular complexity index is 765. The van der Waals surface area contributed by atoms with Crippen molar-refractivity contribution >= 4 is 19.8 Å². The zero-order chi connectivity index (χ0) is 23.0. The zero-order valence-corrected chi connectivity index (χ0v) is 21.4. The van der Waals surface area contributed by atoms with E-state index in [1.165, 1.54) is 16.8 Å². The van der Waals surface area contributed by atoms with Crippen LogP contribution in [-0.4, -0.2) is 44.0 Å². The summed E-state index contributed by atoms with van der Waals surface area (Å²) in [6.07, 6.45) is 6.41. The van der Waals surface area contributed by atoms with Gasteiger partial charge in [0, 0.05) is 19.8 Å². The molecule has 0 unspecified atom stereocenters. The van der Waals surface area contributed by atoms with Crippen LogP contribution in [0.5, 0.6) is 0 Å². The third kappa shape index (κ3) is 9.02. The number of hydrazone groups is 1. The summed E-state index contributed by atoms with van der Waals surface area (Å²) in [6, 6.07) is 10.6. The summed E-state index contributed by atoms with van der Waals surface area (Å²) in [5.74, 6) is 0.595. The Morgan fingerprint density at radius 2 is 1.84 bits per heavy atom. The molecule has 2 rings (SSSR count). The lowest BCUT2D eigenvalue weighted by Gasteiger charge is -2.38. The van der Waals surface area contributed by atoms with Crippen molar-refractivity contribution < 1.29 is 9.90 Å². The Hall–Kier alpha value is -1.88. The normalized spacial score (nSPS) is 23.7. The van der Waals surface area contributed by atoms with Crippen LogP contribution < -0.4 is 0 Å². The average molecular weight is 443 g/mol.